The highest BCUT2D eigenvalue weighted by atomic mass is 16.2. The Morgan fingerprint density at radius 2 is 1.78 bits per heavy atom. The van der Waals surface area contributed by atoms with Gasteiger partial charge in [0.1, 0.15) is 0 Å². The smallest absolute Gasteiger partial charge is 0.227 e. The first-order valence-corrected chi connectivity index (χ1v) is 9.55. The first-order valence-electron chi connectivity index (χ1n) is 9.55. The first-order chi connectivity index (χ1) is 13.0. The lowest BCUT2D eigenvalue weighted by Crippen LogP contribution is -2.22. The molecule has 0 bridgehead atoms. The van der Waals surface area contributed by atoms with Crippen molar-refractivity contribution in [2.24, 2.45) is 11.7 Å². The SMILES string of the molecule is Cc1ccc(NC(=O)C2CCCC2)cc1NC(=O)CC(N)c1ccccc1. The monoisotopic (exact) mass is 365 g/mol. The summed E-state index contributed by atoms with van der Waals surface area (Å²) in [5, 5.41) is 5.90. The minimum absolute atomic E-state index is 0.0692. The van der Waals surface area contributed by atoms with Crippen LogP contribution in [-0.4, -0.2) is 11.8 Å². The summed E-state index contributed by atoms with van der Waals surface area (Å²) in [6.45, 7) is 1.93. The summed E-state index contributed by atoms with van der Waals surface area (Å²) in [4.78, 5) is 24.7. The third-order valence-corrected chi connectivity index (χ3v) is 5.14. The molecule has 2 amide bonds. The maximum atomic E-state index is 12.4. The normalized spacial score (nSPS) is 15.3. The second-order valence-corrected chi connectivity index (χ2v) is 7.27. The molecule has 2 aromatic rings. The van der Waals surface area contributed by atoms with Crippen molar-refractivity contribution in [3.63, 3.8) is 0 Å². The van der Waals surface area contributed by atoms with Crippen LogP contribution in [0.4, 0.5) is 11.4 Å². The van der Waals surface area contributed by atoms with E-state index in [1.54, 1.807) is 0 Å². The molecule has 1 unspecified atom stereocenters. The Hall–Kier alpha value is -2.66. The standard InChI is InChI=1S/C22H27N3O2/c1-15-11-12-18(24-22(27)17-9-5-6-10-17)13-20(15)25-21(26)14-19(23)16-7-3-2-4-8-16/h2-4,7-8,11-13,17,19H,5-6,9-10,14,23H2,1H3,(H,24,27)(H,25,26). The molecule has 0 heterocycles. The molecule has 0 aliphatic heterocycles. The van der Waals surface area contributed by atoms with Crippen molar-refractivity contribution < 1.29 is 9.59 Å². The lowest BCUT2D eigenvalue weighted by atomic mass is 10.0. The Kier molecular flexibility index (Phi) is 6.24. The number of anilines is 2. The number of nitrogens with two attached hydrogens (primary N) is 1. The Bertz CT molecular complexity index is 798. The zero-order valence-electron chi connectivity index (χ0n) is 15.7. The molecule has 1 atom stereocenters. The highest BCUT2D eigenvalue weighted by molar-refractivity contribution is 5.95. The summed E-state index contributed by atoms with van der Waals surface area (Å²) in [6.07, 6.45) is 4.35. The zero-order chi connectivity index (χ0) is 19.2. The molecule has 0 aromatic heterocycles. The topological polar surface area (TPSA) is 84.2 Å². The van der Waals surface area contributed by atoms with Crippen molar-refractivity contribution in [1.82, 2.24) is 0 Å². The molecule has 142 valence electrons. The van der Waals surface area contributed by atoms with Gasteiger partial charge in [0.2, 0.25) is 11.8 Å². The second kappa shape index (κ2) is 8.82. The third-order valence-electron chi connectivity index (χ3n) is 5.14. The van der Waals surface area contributed by atoms with E-state index in [-0.39, 0.29) is 30.2 Å². The molecule has 1 fully saturated rings. The fraction of sp³-hybridized carbons (Fsp3) is 0.364. The van der Waals surface area contributed by atoms with E-state index in [4.69, 9.17) is 5.73 Å². The Labute approximate surface area is 160 Å². The van der Waals surface area contributed by atoms with Crippen LogP contribution in [0, 0.1) is 12.8 Å². The van der Waals surface area contributed by atoms with Crippen LogP contribution in [0.15, 0.2) is 48.5 Å². The van der Waals surface area contributed by atoms with Crippen molar-refractivity contribution >= 4 is 23.2 Å². The van der Waals surface area contributed by atoms with Gasteiger partial charge in [-0.3, -0.25) is 9.59 Å². The number of amides is 2. The Morgan fingerprint density at radius 1 is 1.07 bits per heavy atom. The number of aryl methyl sites for hydroxylation is 1. The van der Waals surface area contributed by atoms with Gasteiger partial charge < -0.3 is 16.4 Å². The number of nitrogens with one attached hydrogen (secondary N) is 2. The van der Waals surface area contributed by atoms with Gasteiger partial charge in [0.25, 0.3) is 0 Å². The number of carbonyl (C=O) groups excluding carboxylic acids is 2. The summed E-state index contributed by atoms with van der Waals surface area (Å²) in [6, 6.07) is 14.8. The molecule has 0 saturated heterocycles. The van der Waals surface area contributed by atoms with Crippen molar-refractivity contribution in [2.75, 3.05) is 10.6 Å². The van der Waals surface area contributed by atoms with Gasteiger partial charge in [-0.2, -0.15) is 0 Å². The molecule has 1 aliphatic carbocycles. The van der Waals surface area contributed by atoms with E-state index in [1.807, 2.05) is 55.5 Å². The maximum Gasteiger partial charge on any atom is 0.227 e. The van der Waals surface area contributed by atoms with Gasteiger partial charge in [0, 0.05) is 29.8 Å². The predicted octanol–water partition coefficient (Wildman–Crippen LogP) is 4.15. The molecule has 5 heteroatoms. The Balaban J connectivity index is 1.62. The molecule has 5 nitrogen and oxygen atoms in total. The summed E-state index contributed by atoms with van der Waals surface area (Å²) >= 11 is 0. The average molecular weight is 365 g/mol. The van der Waals surface area contributed by atoms with Crippen LogP contribution in [0.2, 0.25) is 0 Å². The Morgan fingerprint density at radius 3 is 2.48 bits per heavy atom. The van der Waals surface area contributed by atoms with Gasteiger partial charge in [-0.15, -0.1) is 0 Å². The number of hydrogen-bond donors (Lipinski definition) is 3. The van der Waals surface area contributed by atoms with Gasteiger partial charge in [-0.25, -0.2) is 0 Å². The van der Waals surface area contributed by atoms with E-state index < -0.39 is 0 Å². The highest BCUT2D eigenvalue weighted by Gasteiger charge is 2.22. The lowest BCUT2D eigenvalue weighted by molar-refractivity contribution is -0.119. The second-order valence-electron chi connectivity index (χ2n) is 7.27. The number of carbonyl (C=O) groups is 2. The molecular weight excluding hydrogens is 338 g/mol. The van der Waals surface area contributed by atoms with Crippen LogP contribution in [-0.2, 0) is 9.59 Å². The quantitative estimate of drug-likeness (QED) is 0.719. The molecule has 3 rings (SSSR count). The molecule has 27 heavy (non-hydrogen) atoms. The van der Waals surface area contributed by atoms with Crippen LogP contribution in [0.5, 0.6) is 0 Å². The summed E-state index contributed by atoms with van der Waals surface area (Å²) < 4.78 is 0. The van der Waals surface area contributed by atoms with E-state index in [0.29, 0.717) is 11.4 Å². The lowest BCUT2D eigenvalue weighted by Gasteiger charge is -2.15. The maximum absolute atomic E-state index is 12.4. The van der Waals surface area contributed by atoms with Gasteiger partial charge >= 0.3 is 0 Å². The molecule has 1 aliphatic rings. The van der Waals surface area contributed by atoms with Crippen LogP contribution in [0.1, 0.15) is 49.3 Å². The molecule has 0 spiro atoms. The fourth-order valence-electron chi connectivity index (χ4n) is 3.49. The van der Waals surface area contributed by atoms with Gasteiger partial charge in [-0.1, -0.05) is 49.2 Å². The summed E-state index contributed by atoms with van der Waals surface area (Å²) in [5.74, 6) is 0.0293. The van der Waals surface area contributed by atoms with E-state index in [0.717, 1.165) is 36.8 Å². The summed E-state index contributed by atoms with van der Waals surface area (Å²) in [7, 11) is 0. The van der Waals surface area contributed by atoms with E-state index in [1.165, 1.54) is 0 Å². The van der Waals surface area contributed by atoms with Gasteiger partial charge in [-0.05, 0) is 43.0 Å². The largest absolute Gasteiger partial charge is 0.326 e. The fourth-order valence-corrected chi connectivity index (χ4v) is 3.49. The van der Waals surface area contributed by atoms with E-state index in [9.17, 15) is 9.59 Å². The minimum Gasteiger partial charge on any atom is -0.326 e. The molecule has 1 saturated carbocycles. The highest BCUT2D eigenvalue weighted by Crippen LogP contribution is 2.27. The molecule has 2 aromatic carbocycles. The van der Waals surface area contributed by atoms with E-state index >= 15 is 0 Å². The third kappa shape index (κ3) is 5.17. The average Bonchev–Trinajstić information content (AvgIpc) is 3.20. The molecular formula is C22H27N3O2. The van der Waals surface area contributed by atoms with Crippen molar-refractivity contribution in [1.29, 1.82) is 0 Å². The zero-order valence-corrected chi connectivity index (χ0v) is 15.7. The van der Waals surface area contributed by atoms with Gasteiger partial charge in [0.05, 0.1) is 0 Å². The van der Waals surface area contributed by atoms with Crippen LogP contribution < -0.4 is 16.4 Å². The minimum atomic E-state index is -0.350. The van der Waals surface area contributed by atoms with Gasteiger partial charge in [0.15, 0.2) is 0 Å². The van der Waals surface area contributed by atoms with Crippen LogP contribution >= 0.6 is 0 Å². The van der Waals surface area contributed by atoms with Crippen LogP contribution in [0.3, 0.4) is 0 Å². The van der Waals surface area contributed by atoms with Crippen molar-refractivity contribution in [2.45, 2.75) is 45.1 Å². The number of rotatable bonds is 6. The van der Waals surface area contributed by atoms with E-state index in [2.05, 4.69) is 10.6 Å². The number of hydrogen-bond acceptors (Lipinski definition) is 3. The van der Waals surface area contributed by atoms with Crippen LogP contribution in [0.25, 0.3) is 0 Å². The number of benzene rings is 2. The summed E-state index contributed by atoms with van der Waals surface area (Å²) in [5.41, 5.74) is 9.42. The first kappa shape index (κ1) is 19.1. The molecule has 0 radical (unpaired) electrons. The van der Waals surface area contributed by atoms with Crippen molar-refractivity contribution in [3.05, 3.63) is 59.7 Å². The molecule has 4 N–H and O–H groups in total. The van der Waals surface area contributed by atoms with Crippen molar-refractivity contribution in [3.8, 4) is 0 Å². The predicted molar refractivity (Wildman–Crippen MR) is 108 cm³/mol.